The zero-order valence-corrected chi connectivity index (χ0v) is 17.3. The number of carbonyl (C=O) groups excluding carboxylic acids is 2. The van der Waals surface area contributed by atoms with Crippen LogP contribution in [-0.4, -0.2) is 72.8 Å². The van der Waals surface area contributed by atoms with Gasteiger partial charge in [0.25, 0.3) is 0 Å². The van der Waals surface area contributed by atoms with Crippen molar-refractivity contribution in [3.8, 4) is 0 Å². The molecular formula is C21H32N2O6. The van der Waals surface area contributed by atoms with E-state index in [1.165, 1.54) is 18.2 Å². The van der Waals surface area contributed by atoms with E-state index in [9.17, 15) is 14.4 Å². The monoisotopic (exact) mass is 408 g/mol. The molecule has 162 valence electrons. The van der Waals surface area contributed by atoms with E-state index >= 15 is 0 Å². The number of carbonyl (C=O) groups is 3. The Kier molecular flexibility index (Phi) is 12.1. The predicted molar refractivity (Wildman–Crippen MR) is 108 cm³/mol. The number of likely N-dealkylation sites (tertiary alicyclic amines) is 1. The van der Waals surface area contributed by atoms with Crippen LogP contribution in [0, 0.1) is 0 Å². The van der Waals surface area contributed by atoms with Gasteiger partial charge in [-0.1, -0.05) is 30.3 Å². The van der Waals surface area contributed by atoms with E-state index in [-0.39, 0.29) is 6.09 Å². The number of hydrogen-bond acceptors (Lipinski definition) is 5. The molecule has 1 aromatic carbocycles. The molecule has 1 aliphatic rings. The Hall–Kier alpha value is -2.61. The third kappa shape index (κ3) is 9.94. The minimum atomic E-state index is -0.996. The molecule has 8 heteroatoms. The Morgan fingerprint density at radius 1 is 1.21 bits per heavy atom. The van der Waals surface area contributed by atoms with Crippen LogP contribution in [0.5, 0.6) is 0 Å². The SMILES string of the molecule is COCCCN(C=O)C(C)C(=O)O.O=C(OCc1ccccc1)N1CCCCC1. The van der Waals surface area contributed by atoms with Crippen LogP contribution in [-0.2, 0) is 25.7 Å². The quantitative estimate of drug-likeness (QED) is 0.499. The smallest absolute Gasteiger partial charge is 0.410 e. The fourth-order valence-corrected chi connectivity index (χ4v) is 2.76. The zero-order valence-electron chi connectivity index (χ0n) is 17.3. The van der Waals surface area contributed by atoms with Crippen LogP contribution >= 0.6 is 0 Å². The predicted octanol–water partition coefficient (Wildman–Crippen LogP) is 2.76. The summed E-state index contributed by atoms with van der Waals surface area (Å²) in [6.45, 7) is 4.46. The third-order valence-corrected chi connectivity index (χ3v) is 4.57. The number of methoxy groups -OCH3 is 1. The van der Waals surface area contributed by atoms with Gasteiger partial charge in [0.05, 0.1) is 0 Å². The largest absolute Gasteiger partial charge is 0.480 e. The van der Waals surface area contributed by atoms with E-state index in [1.807, 2.05) is 30.3 Å². The Labute approximate surface area is 172 Å². The van der Waals surface area contributed by atoms with Crippen molar-refractivity contribution in [3.05, 3.63) is 35.9 Å². The molecule has 1 heterocycles. The molecule has 0 bridgehead atoms. The highest BCUT2D eigenvalue weighted by Gasteiger charge is 2.18. The lowest BCUT2D eigenvalue weighted by Crippen LogP contribution is -2.38. The molecule has 0 radical (unpaired) electrons. The zero-order chi connectivity index (χ0) is 21.5. The Bertz CT molecular complexity index is 604. The van der Waals surface area contributed by atoms with Crippen molar-refractivity contribution in [1.82, 2.24) is 9.80 Å². The van der Waals surface area contributed by atoms with Crippen molar-refractivity contribution in [3.63, 3.8) is 0 Å². The lowest BCUT2D eigenvalue weighted by atomic mass is 10.1. The van der Waals surface area contributed by atoms with Gasteiger partial charge in [-0.05, 0) is 38.2 Å². The number of carboxylic acid groups (broad SMARTS) is 1. The normalized spacial score (nSPS) is 14.2. The van der Waals surface area contributed by atoms with E-state index in [1.54, 1.807) is 12.0 Å². The topological polar surface area (TPSA) is 96.4 Å². The second kappa shape index (κ2) is 14.4. The molecule has 0 spiro atoms. The molecule has 1 fully saturated rings. The summed E-state index contributed by atoms with van der Waals surface area (Å²) in [7, 11) is 1.56. The highest BCUT2D eigenvalue weighted by atomic mass is 16.6. The van der Waals surface area contributed by atoms with E-state index in [4.69, 9.17) is 14.6 Å². The number of ether oxygens (including phenoxy) is 2. The maximum Gasteiger partial charge on any atom is 0.410 e. The number of hydrogen-bond donors (Lipinski definition) is 1. The number of benzene rings is 1. The fourth-order valence-electron chi connectivity index (χ4n) is 2.76. The maximum absolute atomic E-state index is 11.7. The molecule has 1 saturated heterocycles. The second-order valence-electron chi connectivity index (χ2n) is 6.79. The number of piperidine rings is 1. The Morgan fingerprint density at radius 3 is 2.41 bits per heavy atom. The van der Waals surface area contributed by atoms with Gasteiger partial charge >= 0.3 is 12.1 Å². The first-order valence-electron chi connectivity index (χ1n) is 9.88. The van der Waals surface area contributed by atoms with Crippen LogP contribution in [0.2, 0.25) is 0 Å². The molecule has 0 saturated carbocycles. The van der Waals surface area contributed by atoms with Crippen LogP contribution in [0.15, 0.2) is 30.3 Å². The van der Waals surface area contributed by atoms with Crippen molar-refractivity contribution in [2.24, 2.45) is 0 Å². The van der Waals surface area contributed by atoms with Gasteiger partial charge in [-0.2, -0.15) is 0 Å². The van der Waals surface area contributed by atoms with Crippen molar-refractivity contribution in [2.75, 3.05) is 33.4 Å². The van der Waals surface area contributed by atoms with E-state index in [0.717, 1.165) is 31.5 Å². The number of rotatable bonds is 9. The van der Waals surface area contributed by atoms with E-state index in [0.29, 0.717) is 32.6 Å². The van der Waals surface area contributed by atoms with Crippen molar-refractivity contribution in [2.45, 2.75) is 45.3 Å². The minimum Gasteiger partial charge on any atom is -0.480 e. The van der Waals surface area contributed by atoms with Gasteiger partial charge in [0.2, 0.25) is 6.41 Å². The number of aliphatic carboxylic acids is 1. The van der Waals surface area contributed by atoms with Crippen molar-refractivity contribution in [1.29, 1.82) is 0 Å². The molecule has 1 atom stereocenters. The molecule has 2 rings (SSSR count). The van der Waals surface area contributed by atoms with Gasteiger partial charge in [0.15, 0.2) is 0 Å². The molecule has 1 N–H and O–H groups in total. The number of carboxylic acids is 1. The molecule has 2 amide bonds. The summed E-state index contributed by atoms with van der Waals surface area (Å²) >= 11 is 0. The summed E-state index contributed by atoms with van der Waals surface area (Å²) in [6.07, 6.45) is 4.44. The molecule has 1 aromatic rings. The number of nitrogens with zero attached hydrogens (tertiary/aromatic N) is 2. The third-order valence-electron chi connectivity index (χ3n) is 4.57. The first kappa shape index (κ1) is 24.4. The standard InChI is InChI=1S/C13H17NO2.C8H15NO4/c15-13(14-9-5-2-6-10-14)16-11-12-7-3-1-4-8-12;1-7(8(11)12)9(6-10)4-3-5-13-2/h1,3-4,7-8H,2,5-6,9-11H2;6-7H,3-5H2,1-2H3,(H,11,12). The summed E-state index contributed by atoms with van der Waals surface area (Å²) in [5.41, 5.74) is 1.04. The minimum absolute atomic E-state index is 0.177. The first-order chi connectivity index (χ1) is 14.0. The Morgan fingerprint density at radius 2 is 1.86 bits per heavy atom. The fraction of sp³-hybridized carbons (Fsp3) is 0.571. The highest BCUT2D eigenvalue weighted by molar-refractivity contribution is 5.75. The van der Waals surface area contributed by atoms with Gasteiger partial charge in [0, 0.05) is 33.4 Å². The molecule has 8 nitrogen and oxygen atoms in total. The van der Waals surface area contributed by atoms with Gasteiger partial charge in [-0.15, -0.1) is 0 Å². The lowest BCUT2D eigenvalue weighted by molar-refractivity contribution is -0.145. The summed E-state index contributed by atoms with van der Waals surface area (Å²) in [4.78, 5) is 35.7. The van der Waals surface area contributed by atoms with E-state index in [2.05, 4.69) is 0 Å². The number of amides is 2. The molecular weight excluding hydrogens is 376 g/mol. The van der Waals surface area contributed by atoms with Crippen LogP contribution in [0.3, 0.4) is 0 Å². The van der Waals surface area contributed by atoms with Crippen molar-refractivity contribution < 1.29 is 29.0 Å². The van der Waals surface area contributed by atoms with Crippen LogP contribution in [0.1, 0.15) is 38.2 Å². The maximum atomic E-state index is 11.7. The van der Waals surface area contributed by atoms with Gasteiger partial charge in [-0.25, -0.2) is 9.59 Å². The average molecular weight is 408 g/mol. The van der Waals surface area contributed by atoms with Crippen molar-refractivity contribution >= 4 is 18.5 Å². The van der Waals surface area contributed by atoms with Crippen LogP contribution in [0.4, 0.5) is 4.79 Å². The second-order valence-corrected chi connectivity index (χ2v) is 6.79. The van der Waals surface area contributed by atoms with Gasteiger partial charge in [-0.3, -0.25) is 4.79 Å². The summed E-state index contributed by atoms with van der Waals surface area (Å²) in [6, 6.07) is 9.01. The van der Waals surface area contributed by atoms with E-state index < -0.39 is 12.0 Å². The highest BCUT2D eigenvalue weighted by Crippen LogP contribution is 2.11. The molecule has 1 unspecified atom stereocenters. The summed E-state index contributed by atoms with van der Waals surface area (Å²) < 4.78 is 10.0. The summed E-state index contributed by atoms with van der Waals surface area (Å²) in [5, 5.41) is 8.61. The molecule has 29 heavy (non-hydrogen) atoms. The van der Waals surface area contributed by atoms with Gasteiger partial charge in [0.1, 0.15) is 12.6 Å². The Balaban J connectivity index is 0.000000298. The first-order valence-corrected chi connectivity index (χ1v) is 9.88. The molecule has 0 aromatic heterocycles. The van der Waals surface area contributed by atoms with Crippen LogP contribution < -0.4 is 0 Å². The van der Waals surface area contributed by atoms with Crippen LogP contribution in [0.25, 0.3) is 0 Å². The average Bonchev–Trinajstić information content (AvgIpc) is 2.76. The lowest BCUT2D eigenvalue weighted by Gasteiger charge is -2.25. The molecule has 1 aliphatic heterocycles. The molecule has 0 aliphatic carbocycles. The summed E-state index contributed by atoms with van der Waals surface area (Å²) in [5.74, 6) is -0.996. The van der Waals surface area contributed by atoms with Gasteiger partial charge < -0.3 is 24.4 Å².